The van der Waals surface area contributed by atoms with E-state index in [9.17, 15) is 0 Å². The molecule has 0 radical (unpaired) electrons. The molecule has 0 saturated carbocycles. The van der Waals surface area contributed by atoms with Gasteiger partial charge in [-0.1, -0.05) is 25.5 Å². The first-order valence-corrected chi connectivity index (χ1v) is 6.19. The lowest BCUT2D eigenvalue weighted by Crippen LogP contribution is -2.26. The van der Waals surface area contributed by atoms with Crippen LogP contribution in [-0.2, 0) is 0 Å². The van der Waals surface area contributed by atoms with Crippen molar-refractivity contribution >= 4 is 18.3 Å². The van der Waals surface area contributed by atoms with E-state index in [2.05, 4.69) is 62.7 Å². The summed E-state index contributed by atoms with van der Waals surface area (Å²) in [5.74, 6) is 1.64. The van der Waals surface area contributed by atoms with E-state index < -0.39 is 0 Å². The summed E-state index contributed by atoms with van der Waals surface area (Å²) in [7, 11) is 2.15. The molecule has 2 heteroatoms. The maximum absolute atomic E-state index is 4.38. The molecule has 0 amide bonds. The lowest BCUT2D eigenvalue weighted by atomic mass is 10.1. The molecule has 0 aliphatic heterocycles. The summed E-state index contributed by atoms with van der Waals surface area (Å²) in [5.41, 5.74) is 2.62. The zero-order valence-corrected chi connectivity index (χ0v) is 10.8. The van der Waals surface area contributed by atoms with Crippen LogP contribution in [-0.4, -0.2) is 19.3 Å². The number of benzene rings is 1. The molecule has 0 fully saturated rings. The van der Waals surface area contributed by atoms with Crippen LogP contribution in [0, 0.1) is 12.8 Å². The quantitative estimate of drug-likeness (QED) is 0.749. The number of aryl methyl sites for hydroxylation is 1. The van der Waals surface area contributed by atoms with Crippen molar-refractivity contribution < 1.29 is 0 Å². The molecule has 1 aromatic carbocycles. The fraction of sp³-hybridized carbons (Fsp3) is 0.538. The number of anilines is 1. The second-order valence-corrected chi connectivity index (χ2v) is 4.54. The number of thiol groups is 1. The molecule has 1 atom stereocenters. The van der Waals surface area contributed by atoms with Crippen LogP contribution in [0.5, 0.6) is 0 Å². The molecule has 0 heterocycles. The second-order valence-electron chi connectivity index (χ2n) is 4.18. The van der Waals surface area contributed by atoms with Crippen LogP contribution in [0.2, 0.25) is 0 Å². The van der Waals surface area contributed by atoms with Crippen LogP contribution in [0.3, 0.4) is 0 Å². The van der Waals surface area contributed by atoms with Crippen LogP contribution in [0.4, 0.5) is 5.69 Å². The van der Waals surface area contributed by atoms with Crippen molar-refractivity contribution in [2.75, 3.05) is 24.2 Å². The van der Waals surface area contributed by atoms with Gasteiger partial charge in [0.05, 0.1) is 0 Å². The molecular formula is C13H21NS. The lowest BCUT2D eigenvalue weighted by molar-refractivity contribution is 0.570. The maximum Gasteiger partial charge on any atom is 0.0366 e. The topological polar surface area (TPSA) is 3.24 Å². The van der Waals surface area contributed by atoms with Crippen LogP contribution in [0.25, 0.3) is 0 Å². The van der Waals surface area contributed by atoms with E-state index in [0.29, 0.717) is 5.92 Å². The average molecular weight is 223 g/mol. The van der Waals surface area contributed by atoms with Crippen molar-refractivity contribution in [3.63, 3.8) is 0 Å². The molecule has 15 heavy (non-hydrogen) atoms. The summed E-state index contributed by atoms with van der Waals surface area (Å²) < 4.78 is 0. The lowest BCUT2D eigenvalue weighted by Gasteiger charge is -2.24. The average Bonchev–Trinajstić information content (AvgIpc) is 2.25. The van der Waals surface area contributed by atoms with Gasteiger partial charge in [0.1, 0.15) is 0 Å². The Morgan fingerprint density at radius 2 is 2.13 bits per heavy atom. The third kappa shape index (κ3) is 3.78. The van der Waals surface area contributed by atoms with E-state index in [-0.39, 0.29) is 0 Å². The summed E-state index contributed by atoms with van der Waals surface area (Å²) in [5, 5.41) is 0. The molecule has 1 nitrogen and oxygen atoms in total. The molecule has 1 unspecified atom stereocenters. The van der Waals surface area contributed by atoms with Crippen LogP contribution >= 0.6 is 12.6 Å². The fourth-order valence-corrected chi connectivity index (χ4v) is 2.05. The smallest absolute Gasteiger partial charge is 0.0366 e. The normalized spacial score (nSPS) is 12.5. The largest absolute Gasteiger partial charge is 0.374 e. The van der Waals surface area contributed by atoms with Crippen molar-refractivity contribution in [3.05, 3.63) is 29.8 Å². The Labute approximate surface area is 98.9 Å². The van der Waals surface area contributed by atoms with Crippen molar-refractivity contribution in [2.24, 2.45) is 5.92 Å². The van der Waals surface area contributed by atoms with Gasteiger partial charge in [0.2, 0.25) is 0 Å². The highest BCUT2D eigenvalue weighted by Gasteiger charge is 2.08. The van der Waals surface area contributed by atoms with E-state index in [1.165, 1.54) is 17.7 Å². The Morgan fingerprint density at radius 3 is 2.67 bits per heavy atom. The van der Waals surface area contributed by atoms with Gasteiger partial charge in [0, 0.05) is 19.3 Å². The second kappa shape index (κ2) is 6.06. The number of nitrogens with zero attached hydrogens (tertiary/aromatic N) is 1. The molecule has 0 N–H and O–H groups in total. The highest BCUT2D eigenvalue weighted by molar-refractivity contribution is 7.80. The summed E-state index contributed by atoms with van der Waals surface area (Å²) in [6, 6.07) is 8.64. The minimum Gasteiger partial charge on any atom is -0.374 e. The summed E-state index contributed by atoms with van der Waals surface area (Å²) >= 11 is 4.38. The van der Waals surface area contributed by atoms with Gasteiger partial charge in [-0.3, -0.25) is 0 Å². The number of rotatable bonds is 5. The molecule has 0 bridgehead atoms. The number of hydrogen-bond donors (Lipinski definition) is 1. The first-order chi connectivity index (χ1) is 7.17. The van der Waals surface area contributed by atoms with Crippen LogP contribution < -0.4 is 4.90 Å². The van der Waals surface area contributed by atoms with E-state index in [4.69, 9.17) is 0 Å². The van der Waals surface area contributed by atoms with Gasteiger partial charge in [-0.25, -0.2) is 0 Å². The molecule has 0 aliphatic carbocycles. The predicted molar refractivity (Wildman–Crippen MR) is 72.1 cm³/mol. The van der Waals surface area contributed by atoms with Crippen LogP contribution in [0.1, 0.15) is 18.9 Å². The SMILES string of the molecule is CCC(CS)CN(C)c1cccc(C)c1. The first-order valence-electron chi connectivity index (χ1n) is 5.56. The van der Waals surface area contributed by atoms with E-state index >= 15 is 0 Å². The maximum atomic E-state index is 4.38. The Bertz CT molecular complexity index is 294. The van der Waals surface area contributed by atoms with Gasteiger partial charge in [-0.15, -0.1) is 0 Å². The predicted octanol–water partition coefficient (Wildman–Crippen LogP) is 3.39. The van der Waals surface area contributed by atoms with E-state index in [1.807, 2.05) is 0 Å². The van der Waals surface area contributed by atoms with Crippen LogP contribution in [0.15, 0.2) is 24.3 Å². The van der Waals surface area contributed by atoms with Gasteiger partial charge < -0.3 is 4.90 Å². The third-order valence-corrected chi connectivity index (χ3v) is 3.33. The zero-order chi connectivity index (χ0) is 11.3. The molecule has 0 spiro atoms. The van der Waals surface area contributed by atoms with Crippen molar-refractivity contribution in [1.82, 2.24) is 0 Å². The minimum atomic E-state index is 0.679. The molecule has 0 saturated heterocycles. The Balaban J connectivity index is 2.64. The third-order valence-electron chi connectivity index (χ3n) is 2.81. The number of hydrogen-bond acceptors (Lipinski definition) is 2. The van der Waals surface area contributed by atoms with Crippen molar-refractivity contribution in [2.45, 2.75) is 20.3 Å². The minimum absolute atomic E-state index is 0.679. The van der Waals surface area contributed by atoms with Gasteiger partial charge in [-0.2, -0.15) is 12.6 Å². The molecule has 1 rings (SSSR count). The Morgan fingerprint density at radius 1 is 1.40 bits per heavy atom. The van der Waals surface area contributed by atoms with Gasteiger partial charge >= 0.3 is 0 Å². The summed E-state index contributed by atoms with van der Waals surface area (Å²) in [4.78, 5) is 2.32. The van der Waals surface area contributed by atoms with Gasteiger partial charge in [0.25, 0.3) is 0 Å². The fourth-order valence-electron chi connectivity index (χ4n) is 1.67. The van der Waals surface area contributed by atoms with Gasteiger partial charge in [0.15, 0.2) is 0 Å². The summed E-state index contributed by atoms with van der Waals surface area (Å²) in [6.07, 6.45) is 1.19. The summed E-state index contributed by atoms with van der Waals surface area (Å²) in [6.45, 7) is 5.45. The molecule has 1 aromatic rings. The molecular weight excluding hydrogens is 202 g/mol. The Kier molecular flexibility index (Phi) is 5.03. The zero-order valence-electron chi connectivity index (χ0n) is 9.90. The van der Waals surface area contributed by atoms with Gasteiger partial charge in [-0.05, 0) is 36.3 Å². The monoisotopic (exact) mass is 223 g/mol. The Hall–Kier alpha value is -0.630. The highest BCUT2D eigenvalue weighted by Crippen LogP contribution is 2.17. The first kappa shape index (κ1) is 12.4. The van der Waals surface area contributed by atoms with E-state index in [1.54, 1.807) is 0 Å². The van der Waals surface area contributed by atoms with E-state index in [0.717, 1.165) is 12.3 Å². The molecule has 0 aromatic heterocycles. The standard InChI is InChI=1S/C13H21NS/c1-4-12(10-15)9-14(3)13-7-5-6-11(2)8-13/h5-8,12,15H,4,9-10H2,1-3H3. The van der Waals surface area contributed by atoms with Crippen molar-refractivity contribution in [1.29, 1.82) is 0 Å². The highest BCUT2D eigenvalue weighted by atomic mass is 32.1. The molecule has 0 aliphatic rings. The molecule has 84 valence electrons. The van der Waals surface area contributed by atoms with Crippen molar-refractivity contribution in [3.8, 4) is 0 Å².